The van der Waals surface area contributed by atoms with Gasteiger partial charge in [0.05, 0.1) is 0 Å². The normalized spacial score (nSPS) is 42.6. The molecule has 0 aromatic heterocycles. The fraction of sp³-hybridized carbons (Fsp3) is 1.00. The standard InChI is InChI=1S/C20H32.4H2/c1-15(2)5-17(6-15)9-19(10-17)13-20(14-19)11-18(12-20)7-16(3,4)8-18;;;;/h5-14H2,1-4H3;4*1H/i;3*1+2T;1+2. The molecule has 0 unspecified atom stereocenters. The van der Waals surface area contributed by atoms with Crippen molar-refractivity contribution in [3.05, 3.63) is 0 Å². The lowest BCUT2D eigenvalue weighted by atomic mass is 9.26. The molecule has 5 aliphatic carbocycles. The Morgan fingerprint density at radius 2 is 0.650 bits per heavy atom. The average Bonchev–Trinajstić information content (AvgIpc) is 2.44. The van der Waals surface area contributed by atoms with Crippen LogP contribution >= 0.6 is 0 Å². The van der Waals surface area contributed by atoms with Crippen LogP contribution in [0, 0.1) is 32.5 Å². The summed E-state index contributed by atoms with van der Waals surface area (Å²) in [6, 6.07) is 0. The molecule has 0 aliphatic heterocycles. The van der Waals surface area contributed by atoms with E-state index in [9.17, 15) is 0 Å². The molecule has 0 heteroatoms. The summed E-state index contributed by atoms with van der Waals surface area (Å²) in [4.78, 5) is 0. The van der Waals surface area contributed by atoms with Crippen LogP contribution in [-0.2, 0) is 0 Å². The van der Waals surface area contributed by atoms with E-state index in [0.29, 0.717) is 10.8 Å². The van der Waals surface area contributed by atoms with Crippen molar-refractivity contribution in [1.29, 1.82) is 0 Å². The van der Waals surface area contributed by atoms with Gasteiger partial charge in [-0.15, -0.1) is 0 Å². The van der Waals surface area contributed by atoms with E-state index in [-0.39, 0.29) is 1.43 Å². The summed E-state index contributed by atoms with van der Waals surface area (Å²) in [7, 11) is 0. The smallest absolute Gasteiger partial charge is 0 e. The fourth-order valence-corrected chi connectivity index (χ4v) is 9.57. The van der Waals surface area contributed by atoms with Crippen molar-refractivity contribution in [3.63, 3.8) is 0 Å². The molecule has 120 valence electrons. The number of hydrogen-bond acceptors (Lipinski definition) is 0. The van der Waals surface area contributed by atoms with Crippen molar-refractivity contribution in [2.45, 2.75) is 91.9 Å². The quantitative estimate of drug-likeness (QED) is 0.454. The third kappa shape index (κ3) is 1.45. The molecule has 0 aromatic rings. The van der Waals surface area contributed by atoms with Gasteiger partial charge in [0.15, 0.2) is 0 Å². The van der Waals surface area contributed by atoms with Crippen molar-refractivity contribution < 1.29 is 10.3 Å². The molecule has 0 nitrogen and oxygen atoms in total. The topological polar surface area (TPSA) is 0 Å². The van der Waals surface area contributed by atoms with Crippen LogP contribution in [0.1, 0.15) is 102 Å². The zero-order valence-electron chi connectivity index (χ0n) is 20.1. The van der Waals surface area contributed by atoms with Crippen LogP contribution in [0.15, 0.2) is 0 Å². The molecule has 20 heavy (non-hydrogen) atoms. The molecule has 0 amide bonds. The summed E-state index contributed by atoms with van der Waals surface area (Å²) in [6.45, 7) is 9.89. The summed E-state index contributed by atoms with van der Waals surface area (Å²) < 4.78 is 30.0. The van der Waals surface area contributed by atoms with Gasteiger partial charge in [-0.05, 0) is 96.7 Å². The molecule has 0 bridgehead atoms. The Hall–Kier alpha value is 0. The van der Waals surface area contributed by atoms with Crippen molar-refractivity contribution in [3.8, 4) is 0 Å². The van der Waals surface area contributed by atoms with Crippen molar-refractivity contribution in [2.75, 3.05) is 0 Å². The van der Waals surface area contributed by atoms with E-state index in [1.807, 2.05) is 0 Å². The summed E-state index contributed by atoms with van der Waals surface area (Å²) in [5.41, 5.74) is 4.76. The van der Waals surface area contributed by atoms with Crippen molar-refractivity contribution in [2.24, 2.45) is 32.5 Å². The largest absolute Gasteiger partial charge is 0.0599 e. The Balaban J connectivity index is 0.000000479. The van der Waals surface area contributed by atoms with Crippen LogP contribution in [0.25, 0.3) is 0 Å². The first-order chi connectivity index (χ1) is 12.1. The minimum Gasteiger partial charge on any atom is -0.0599 e. The molecule has 4 spiro atoms. The van der Waals surface area contributed by atoms with Crippen LogP contribution < -0.4 is 0 Å². The molecule has 0 aromatic carbocycles. The lowest BCUT2D eigenvalue weighted by molar-refractivity contribution is -0.287. The van der Waals surface area contributed by atoms with Gasteiger partial charge >= 0.3 is 0 Å². The highest BCUT2D eigenvalue weighted by Crippen LogP contribution is 2.84. The van der Waals surface area contributed by atoms with Gasteiger partial charge in [0.25, 0.3) is 0 Å². The Bertz CT molecular complexity index is 428. The molecule has 0 saturated heterocycles. The second-order valence-electron chi connectivity index (χ2n) is 12.1. The molecule has 0 heterocycles. The average molecular weight is 295 g/mol. The first-order valence-corrected chi connectivity index (χ1v) is 9.07. The predicted octanol–water partition coefficient (Wildman–Crippen LogP) is 6.94. The van der Waals surface area contributed by atoms with Crippen LogP contribution in [-0.4, -0.2) is 0 Å². The molecule has 0 radical (unpaired) electrons. The van der Waals surface area contributed by atoms with Gasteiger partial charge in [0.2, 0.25) is 0 Å². The Morgan fingerprint density at radius 3 is 0.850 bits per heavy atom. The van der Waals surface area contributed by atoms with Crippen LogP contribution in [0.2, 0.25) is 0 Å². The summed E-state index contributed by atoms with van der Waals surface area (Å²) in [5, 5.41) is 0. The molecule has 5 fully saturated rings. The molecule has 5 rings (SSSR count). The molecule has 0 N–H and O–H groups in total. The van der Waals surface area contributed by atoms with E-state index in [0.717, 1.165) is 21.7 Å². The van der Waals surface area contributed by atoms with Gasteiger partial charge in [-0.2, -0.15) is 0 Å². The molecular weight excluding hydrogens is 240 g/mol. The maximum absolute atomic E-state index is 5.00. The highest BCUT2D eigenvalue weighted by atomic mass is 14.8. The van der Waals surface area contributed by atoms with Crippen LogP contribution in [0.4, 0.5) is 0 Å². The maximum atomic E-state index is 5.00. The second kappa shape index (κ2) is 2.91. The first-order valence-electron chi connectivity index (χ1n) is 12.1. The monoisotopic (exact) mass is 294 g/mol. The highest BCUT2D eigenvalue weighted by Gasteiger charge is 2.73. The minimum atomic E-state index is 0. The Morgan fingerprint density at radius 1 is 0.450 bits per heavy atom. The Kier molecular flexibility index (Phi) is 1.44. The van der Waals surface area contributed by atoms with Crippen molar-refractivity contribution in [1.82, 2.24) is 0 Å². The number of hydrogen-bond donors (Lipinski definition) is 0. The van der Waals surface area contributed by atoms with E-state index in [4.69, 9.17) is 8.91 Å². The third-order valence-corrected chi connectivity index (χ3v) is 7.91. The van der Waals surface area contributed by atoms with Gasteiger partial charge in [-0.3, -0.25) is 0 Å². The van der Waals surface area contributed by atoms with Crippen LogP contribution in [0.3, 0.4) is 0 Å². The lowest BCUT2D eigenvalue weighted by Crippen LogP contribution is -2.68. The third-order valence-electron chi connectivity index (χ3n) is 7.91. The zero-order chi connectivity index (χ0) is 20.1. The number of rotatable bonds is 0. The summed E-state index contributed by atoms with van der Waals surface area (Å²) in [5.74, 6) is 0. The predicted molar refractivity (Wildman–Crippen MR) is 91.9 cm³/mol. The molecular formula is C20H40. The Labute approximate surface area is 135 Å². The van der Waals surface area contributed by atoms with E-state index in [1.54, 1.807) is 38.5 Å². The lowest BCUT2D eigenvalue weighted by Gasteiger charge is -2.79. The maximum Gasteiger partial charge on any atom is 0 e. The van der Waals surface area contributed by atoms with E-state index < -0.39 is 0 Å². The molecule has 5 aliphatic rings. The van der Waals surface area contributed by atoms with E-state index >= 15 is 0 Å². The van der Waals surface area contributed by atoms with Gasteiger partial charge in [-0.1, -0.05) is 27.7 Å². The summed E-state index contributed by atoms with van der Waals surface area (Å²) >= 11 is 0. The minimum absolute atomic E-state index is 0. The second-order valence-corrected chi connectivity index (χ2v) is 12.1. The van der Waals surface area contributed by atoms with E-state index in [1.165, 1.54) is 25.7 Å². The highest BCUT2D eigenvalue weighted by molar-refractivity contribution is 5.24. The van der Waals surface area contributed by atoms with Gasteiger partial charge in [-0.25, -0.2) is 0 Å². The molecule has 5 saturated carbocycles. The van der Waals surface area contributed by atoms with Gasteiger partial charge in [0, 0.05) is 10.3 Å². The zero-order valence-corrected chi connectivity index (χ0v) is 14.1. The first kappa shape index (κ1) is 9.90. The van der Waals surface area contributed by atoms with E-state index in [2.05, 4.69) is 27.7 Å². The van der Waals surface area contributed by atoms with Crippen molar-refractivity contribution >= 4 is 0 Å². The summed E-state index contributed by atoms with van der Waals surface area (Å²) in [6.07, 6.45) is 15.9. The fourth-order valence-electron chi connectivity index (χ4n) is 9.57. The van der Waals surface area contributed by atoms with Gasteiger partial charge < -0.3 is 0 Å². The molecule has 0 atom stereocenters. The van der Waals surface area contributed by atoms with Crippen LogP contribution in [0.5, 0.6) is 0 Å². The van der Waals surface area contributed by atoms with Gasteiger partial charge in [0.1, 0.15) is 0 Å². The SMILES string of the molecule is CC1(C)CC2(C1)CC1(C2)CC2(CC3(CC(C)(C)C3)C2)C1.[3HH].[3H][3H].[3H][3H].[3H][3H].